The second kappa shape index (κ2) is 6.71. The Labute approximate surface area is 117 Å². The van der Waals surface area contributed by atoms with E-state index in [1.807, 2.05) is 0 Å². The first kappa shape index (κ1) is 14.8. The maximum atomic E-state index is 12.5. The Morgan fingerprint density at radius 3 is 2.58 bits per heavy atom. The fraction of sp³-hybridized carbons (Fsp3) is 0.933. The van der Waals surface area contributed by atoms with Gasteiger partial charge in [0.2, 0.25) is 5.91 Å². The molecule has 0 aliphatic carbocycles. The number of amides is 1. The molecular weight excluding hydrogens is 238 g/mol. The smallest absolute Gasteiger partial charge is 0.239 e. The van der Waals surface area contributed by atoms with Crippen molar-refractivity contribution in [1.29, 1.82) is 0 Å². The molecule has 0 aromatic rings. The van der Waals surface area contributed by atoms with Gasteiger partial charge < -0.3 is 10.6 Å². The number of rotatable bonds is 3. The summed E-state index contributed by atoms with van der Waals surface area (Å²) in [4.78, 5) is 16.9. The monoisotopic (exact) mass is 267 g/mol. The molecule has 2 rings (SSSR count). The van der Waals surface area contributed by atoms with Gasteiger partial charge in [-0.15, -0.1) is 0 Å². The number of piperidine rings is 2. The number of carbonyl (C=O) groups is 1. The van der Waals surface area contributed by atoms with E-state index >= 15 is 0 Å². The summed E-state index contributed by atoms with van der Waals surface area (Å²) in [5, 5.41) is 0. The highest BCUT2D eigenvalue weighted by molar-refractivity contribution is 5.81. The number of hydrogen-bond donors (Lipinski definition) is 1. The molecule has 0 radical (unpaired) electrons. The molecule has 2 aliphatic rings. The molecule has 4 heteroatoms. The van der Waals surface area contributed by atoms with Gasteiger partial charge in [0.05, 0.1) is 6.04 Å². The fourth-order valence-electron chi connectivity index (χ4n) is 3.40. The van der Waals surface area contributed by atoms with Crippen LogP contribution in [0.5, 0.6) is 0 Å². The highest BCUT2D eigenvalue weighted by Gasteiger charge is 2.32. The molecule has 0 spiro atoms. The molecule has 110 valence electrons. The summed E-state index contributed by atoms with van der Waals surface area (Å²) in [7, 11) is 0. The summed E-state index contributed by atoms with van der Waals surface area (Å²) in [5.41, 5.74) is 6.15. The van der Waals surface area contributed by atoms with Crippen LogP contribution in [0, 0.1) is 5.92 Å². The first-order chi connectivity index (χ1) is 9.13. The van der Waals surface area contributed by atoms with Gasteiger partial charge in [-0.3, -0.25) is 9.69 Å². The Balaban J connectivity index is 1.91. The minimum Gasteiger partial charge on any atom is -0.341 e. The molecule has 4 nitrogen and oxygen atoms in total. The van der Waals surface area contributed by atoms with Crippen LogP contribution < -0.4 is 5.73 Å². The number of hydrogen-bond acceptors (Lipinski definition) is 3. The molecule has 0 aromatic carbocycles. The Morgan fingerprint density at radius 2 is 1.95 bits per heavy atom. The predicted molar refractivity (Wildman–Crippen MR) is 77.8 cm³/mol. The Bertz CT molecular complexity index is 302. The van der Waals surface area contributed by atoms with Gasteiger partial charge in [0, 0.05) is 32.2 Å². The van der Waals surface area contributed by atoms with Gasteiger partial charge in [0.1, 0.15) is 0 Å². The number of nitrogens with two attached hydrogens (primary N) is 1. The Kier molecular flexibility index (Phi) is 5.22. The van der Waals surface area contributed by atoms with Crippen LogP contribution in [0.4, 0.5) is 0 Å². The van der Waals surface area contributed by atoms with E-state index in [9.17, 15) is 4.79 Å². The average molecular weight is 267 g/mol. The summed E-state index contributed by atoms with van der Waals surface area (Å²) in [6.07, 6.45) is 5.74. The third-order valence-electron chi connectivity index (χ3n) is 4.92. The summed E-state index contributed by atoms with van der Waals surface area (Å²) in [6, 6.07) is 0.346. The molecule has 3 atom stereocenters. The van der Waals surface area contributed by atoms with Crippen LogP contribution in [0.3, 0.4) is 0 Å². The second-order valence-corrected chi connectivity index (χ2v) is 6.18. The van der Waals surface area contributed by atoms with Crippen molar-refractivity contribution in [3.05, 3.63) is 0 Å². The second-order valence-electron chi connectivity index (χ2n) is 6.18. The van der Waals surface area contributed by atoms with E-state index in [2.05, 4.69) is 23.6 Å². The largest absolute Gasteiger partial charge is 0.341 e. The van der Waals surface area contributed by atoms with Crippen molar-refractivity contribution >= 4 is 5.91 Å². The van der Waals surface area contributed by atoms with Crippen LogP contribution in [0.1, 0.15) is 46.0 Å². The highest BCUT2D eigenvalue weighted by atomic mass is 16.2. The quantitative estimate of drug-likeness (QED) is 0.842. The minimum atomic E-state index is 0.0275. The third-order valence-corrected chi connectivity index (χ3v) is 4.92. The Hall–Kier alpha value is -0.610. The van der Waals surface area contributed by atoms with E-state index < -0.39 is 0 Å². The fourth-order valence-corrected chi connectivity index (χ4v) is 3.40. The standard InChI is InChI=1S/C15H29N3O/c1-3-13-11-18(10-7-14(13)16)12(2)15(19)17-8-5-4-6-9-17/h12-14H,3-11,16H2,1-2H3. The lowest BCUT2D eigenvalue weighted by Gasteiger charge is -2.41. The normalized spacial score (nSPS) is 31.2. The molecule has 3 unspecified atom stereocenters. The number of likely N-dealkylation sites (tertiary alicyclic amines) is 2. The zero-order valence-electron chi connectivity index (χ0n) is 12.5. The van der Waals surface area contributed by atoms with Crippen LogP contribution in [-0.4, -0.2) is 54.0 Å². The van der Waals surface area contributed by atoms with Crippen molar-refractivity contribution < 1.29 is 4.79 Å². The zero-order chi connectivity index (χ0) is 13.8. The molecule has 19 heavy (non-hydrogen) atoms. The molecule has 1 amide bonds. The Morgan fingerprint density at radius 1 is 1.26 bits per heavy atom. The molecular formula is C15H29N3O. The van der Waals surface area contributed by atoms with Gasteiger partial charge in [0.25, 0.3) is 0 Å². The van der Waals surface area contributed by atoms with Gasteiger partial charge in [-0.1, -0.05) is 13.3 Å². The van der Waals surface area contributed by atoms with E-state index in [4.69, 9.17) is 5.73 Å². The number of carbonyl (C=O) groups excluding carboxylic acids is 1. The van der Waals surface area contributed by atoms with Gasteiger partial charge in [-0.25, -0.2) is 0 Å². The van der Waals surface area contributed by atoms with Crippen molar-refractivity contribution in [3.63, 3.8) is 0 Å². The van der Waals surface area contributed by atoms with E-state index in [1.54, 1.807) is 0 Å². The van der Waals surface area contributed by atoms with Gasteiger partial charge in [-0.05, 0) is 38.5 Å². The first-order valence-corrected chi connectivity index (χ1v) is 7.92. The van der Waals surface area contributed by atoms with Crippen LogP contribution in [-0.2, 0) is 4.79 Å². The van der Waals surface area contributed by atoms with Crippen LogP contribution >= 0.6 is 0 Å². The predicted octanol–water partition coefficient (Wildman–Crippen LogP) is 1.45. The van der Waals surface area contributed by atoms with Gasteiger partial charge >= 0.3 is 0 Å². The van der Waals surface area contributed by atoms with Crippen molar-refractivity contribution in [3.8, 4) is 0 Å². The van der Waals surface area contributed by atoms with Gasteiger partial charge in [-0.2, -0.15) is 0 Å². The summed E-state index contributed by atoms with van der Waals surface area (Å²) in [5.74, 6) is 0.871. The van der Waals surface area contributed by atoms with Gasteiger partial charge in [0.15, 0.2) is 0 Å². The lowest BCUT2D eigenvalue weighted by atomic mass is 9.90. The summed E-state index contributed by atoms with van der Waals surface area (Å²) >= 11 is 0. The first-order valence-electron chi connectivity index (χ1n) is 7.92. The number of nitrogens with zero attached hydrogens (tertiary/aromatic N) is 2. The molecule has 2 N–H and O–H groups in total. The molecule has 2 saturated heterocycles. The topological polar surface area (TPSA) is 49.6 Å². The minimum absolute atomic E-state index is 0.0275. The van der Waals surface area contributed by atoms with Crippen LogP contribution in [0.2, 0.25) is 0 Å². The van der Waals surface area contributed by atoms with Crippen LogP contribution in [0.15, 0.2) is 0 Å². The van der Waals surface area contributed by atoms with Crippen molar-refractivity contribution in [1.82, 2.24) is 9.80 Å². The molecule has 2 heterocycles. The lowest BCUT2D eigenvalue weighted by Crippen LogP contribution is -2.55. The summed E-state index contributed by atoms with van der Waals surface area (Å²) in [6.45, 7) is 8.13. The molecule has 0 bridgehead atoms. The highest BCUT2D eigenvalue weighted by Crippen LogP contribution is 2.21. The average Bonchev–Trinajstić information content (AvgIpc) is 2.47. The van der Waals surface area contributed by atoms with E-state index in [-0.39, 0.29) is 6.04 Å². The zero-order valence-corrected chi connectivity index (χ0v) is 12.5. The third kappa shape index (κ3) is 3.48. The molecule has 2 fully saturated rings. The van der Waals surface area contributed by atoms with E-state index in [1.165, 1.54) is 19.3 Å². The van der Waals surface area contributed by atoms with Crippen molar-refractivity contribution in [2.45, 2.75) is 58.0 Å². The molecule has 0 aromatic heterocycles. The lowest BCUT2D eigenvalue weighted by molar-refractivity contribution is -0.138. The van der Waals surface area contributed by atoms with E-state index in [0.717, 1.165) is 39.0 Å². The maximum absolute atomic E-state index is 12.5. The van der Waals surface area contributed by atoms with Crippen LogP contribution in [0.25, 0.3) is 0 Å². The maximum Gasteiger partial charge on any atom is 0.239 e. The summed E-state index contributed by atoms with van der Waals surface area (Å²) < 4.78 is 0. The van der Waals surface area contributed by atoms with Crippen molar-refractivity contribution in [2.24, 2.45) is 11.7 Å². The SMILES string of the molecule is CCC1CN(C(C)C(=O)N2CCCCC2)CCC1N. The van der Waals surface area contributed by atoms with Crippen molar-refractivity contribution in [2.75, 3.05) is 26.2 Å². The molecule has 2 aliphatic heterocycles. The molecule has 0 saturated carbocycles. The van der Waals surface area contributed by atoms with E-state index in [0.29, 0.717) is 17.9 Å².